The van der Waals surface area contributed by atoms with Crippen molar-refractivity contribution in [1.82, 2.24) is 0 Å². The fourth-order valence-electron chi connectivity index (χ4n) is 3.12. The van der Waals surface area contributed by atoms with Crippen LogP contribution in [0.2, 0.25) is 0 Å². The van der Waals surface area contributed by atoms with Gasteiger partial charge in [-0.1, -0.05) is 30.3 Å². The Kier molecular flexibility index (Phi) is 4.37. The van der Waals surface area contributed by atoms with Crippen LogP contribution in [0.1, 0.15) is 39.2 Å². The summed E-state index contributed by atoms with van der Waals surface area (Å²) in [6.45, 7) is 5.74. The number of carbonyl (C=O) groups excluding carboxylic acids is 3. The molecule has 27 heavy (non-hydrogen) atoms. The van der Waals surface area contributed by atoms with Crippen LogP contribution < -0.4 is 0 Å². The smallest absolute Gasteiger partial charge is 0.345 e. The minimum Gasteiger partial charge on any atom is -0.480 e. The van der Waals surface area contributed by atoms with Crippen molar-refractivity contribution in [3.63, 3.8) is 0 Å². The van der Waals surface area contributed by atoms with Crippen molar-refractivity contribution >= 4 is 17.9 Å². The summed E-state index contributed by atoms with van der Waals surface area (Å²) in [6, 6.07) is 8.29. The predicted molar refractivity (Wildman–Crippen MR) is 89.8 cm³/mol. The van der Waals surface area contributed by atoms with E-state index in [0.717, 1.165) is 0 Å². The summed E-state index contributed by atoms with van der Waals surface area (Å²) in [5.41, 5.74) is 0.0667. The Bertz CT molecular complexity index is 801. The first-order valence-electron chi connectivity index (χ1n) is 8.37. The van der Waals surface area contributed by atoms with E-state index in [-0.39, 0.29) is 5.57 Å². The van der Waals surface area contributed by atoms with Crippen LogP contribution in [0.3, 0.4) is 0 Å². The molecule has 8 nitrogen and oxygen atoms in total. The topological polar surface area (TPSA) is 108 Å². The molecular weight excluding hydrogens is 356 g/mol. The number of carbonyl (C=O) groups is 3. The molecule has 0 spiro atoms. The van der Waals surface area contributed by atoms with Crippen LogP contribution in [0.4, 0.5) is 0 Å². The molecule has 0 bridgehead atoms. The van der Waals surface area contributed by atoms with Gasteiger partial charge in [0.15, 0.2) is 5.92 Å². The first-order chi connectivity index (χ1) is 12.5. The van der Waals surface area contributed by atoms with Gasteiger partial charge in [0.25, 0.3) is 17.5 Å². The number of hydrogen-bond donors (Lipinski definition) is 1. The Balaban J connectivity index is 2.13. The average molecular weight is 376 g/mol. The van der Waals surface area contributed by atoms with Gasteiger partial charge < -0.3 is 24.1 Å². The highest BCUT2D eigenvalue weighted by Crippen LogP contribution is 2.42. The van der Waals surface area contributed by atoms with Gasteiger partial charge in [-0.25, -0.2) is 4.79 Å². The van der Waals surface area contributed by atoms with E-state index in [1.807, 2.05) is 0 Å². The molecule has 1 fully saturated rings. The lowest BCUT2D eigenvalue weighted by Gasteiger charge is -2.38. The molecule has 0 aliphatic carbocycles. The number of benzene rings is 1. The van der Waals surface area contributed by atoms with E-state index in [4.69, 9.17) is 18.9 Å². The zero-order valence-electron chi connectivity index (χ0n) is 15.3. The largest absolute Gasteiger partial charge is 0.480 e. The maximum Gasteiger partial charge on any atom is 0.345 e. The van der Waals surface area contributed by atoms with Crippen molar-refractivity contribution < 1.29 is 38.4 Å². The van der Waals surface area contributed by atoms with Gasteiger partial charge in [-0.2, -0.15) is 0 Å². The van der Waals surface area contributed by atoms with E-state index >= 15 is 0 Å². The van der Waals surface area contributed by atoms with Gasteiger partial charge in [-0.15, -0.1) is 0 Å². The molecule has 2 aliphatic rings. The lowest BCUT2D eigenvalue weighted by molar-refractivity contribution is -0.241. The number of aliphatic hydroxyl groups is 1. The maximum atomic E-state index is 12.6. The summed E-state index contributed by atoms with van der Waals surface area (Å²) >= 11 is 0. The Labute approximate surface area is 155 Å². The fourth-order valence-corrected chi connectivity index (χ4v) is 3.12. The molecule has 2 heterocycles. The number of hydrogen-bond acceptors (Lipinski definition) is 8. The summed E-state index contributed by atoms with van der Waals surface area (Å²) in [6.07, 6.45) is 0. The second-order valence-electron chi connectivity index (χ2n) is 7.22. The third-order valence-corrected chi connectivity index (χ3v) is 4.13. The van der Waals surface area contributed by atoms with Gasteiger partial charge in [0.2, 0.25) is 0 Å². The summed E-state index contributed by atoms with van der Waals surface area (Å²) in [7, 11) is 0. The highest BCUT2D eigenvalue weighted by molar-refractivity contribution is 6.01. The molecule has 8 heteroatoms. The van der Waals surface area contributed by atoms with E-state index < -0.39 is 47.3 Å². The average Bonchev–Trinajstić information content (AvgIpc) is 2.50. The van der Waals surface area contributed by atoms with Gasteiger partial charge >= 0.3 is 17.9 Å². The zero-order valence-corrected chi connectivity index (χ0v) is 15.3. The Hall–Kier alpha value is -3.03. The molecule has 0 aromatic heterocycles. The summed E-state index contributed by atoms with van der Waals surface area (Å²) < 4.78 is 20.8. The second-order valence-corrected chi connectivity index (χ2v) is 7.22. The van der Waals surface area contributed by atoms with Gasteiger partial charge in [-0.3, -0.25) is 9.59 Å². The molecule has 0 amide bonds. The molecule has 1 aromatic rings. The van der Waals surface area contributed by atoms with Crippen molar-refractivity contribution in [3.8, 4) is 0 Å². The molecule has 1 saturated heterocycles. The number of rotatable bonds is 3. The predicted octanol–water partition coefficient (Wildman–Crippen LogP) is 2.30. The molecule has 1 atom stereocenters. The van der Waals surface area contributed by atoms with E-state index in [2.05, 4.69) is 0 Å². The molecular formula is C19H20O8. The third kappa shape index (κ3) is 3.60. The van der Waals surface area contributed by atoms with Crippen molar-refractivity contribution in [1.29, 1.82) is 0 Å². The van der Waals surface area contributed by atoms with Crippen LogP contribution in [-0.4, -0.2) is 34.6 Å². The van der Waals surface area contributed by atoms with Gasteiger partial charge in [0.1, 0.15) is 5.57 Å². The minimum absolute atomic E-state index is 0.348. The first kappa shape index (κ1) is 18.8. The Morgan fingerprint density at radius 1 is 0.852 bits per heavy atom. The molecule has 0 saturated carbocycles. The number of esters is 3. The highest BCUT2D eigenvalue weighted by atomic mass is 16.8. The van der Waals surface area contributed by atoms with Gasteiger partial charge in [0, 0.05) is 33.6 Å². The molecule has 0 radical (unpaired) electrons. The van der Waals surface area contributed by atoms with Crippen LogP contribution >= 0.6 is 0 Å². The van der Waals surface area contributed by atoms with Crippen LogP contribution in [0.5, 0.6) is 0 Å². The second kappa shape index (κ2) is 6.29. The molecule has 1 aromatic carbocycles. The highest BCUT2D eigenvalue weighted by Gasteiger charge is 2.52. The fraction of sp³-hybridized carbons (Fsp3) is 0.421. The van der Waals surface area contributed by atoms with Crippen molar-refractivity contribution in [2.45, 2.75) is 45.2 Å². The van der Waals surface area contributed by atoms with Gasteiger partial charge in [-0.05, 0) is 5.56 Å². The molecule has 3 rings (SSSR count). The molecule has 144 valence electrons. The molecule has 1 N–H and O–H groups in total. The number of ether oxygens (including phenoxy) is 4. The third-order valence-electron chi connectivity index (χ3n) is 4.13. The standard InChI is InChI=1S/C19H20O8/c1-18(2)24-14(20)12(15(21)25-18)11(10-8-6-5-7-9-10)13-16(22)26-19(3,4)27-17(13)23/h5-9,11-12,22H,1-4H3. The first-order valence-corrected chi connectivity index (χ1v) is 8.37. The van der Waals surface area contributed by atoms with Crippen LogP contribution in [-0.2, 0) is 33.3 Å². The van der Waals surface area contributed by atoms with E-state index in [1.54, 1.807) is 30.3 Å². The molecule has 2 aliphatic heterocycles. The molecule has 1 unspecified atom stereocenters. The monoisotopic (exact) mass is 376 g/mol. The summed E-state index contributed by atoms with van der Waals surface area (Å²) in [4.78, 5) is 37.8. The normalized spacial score (nSPS) is 23.0. The Morgan fingerprint density at radius 2 is 1.37 bits per heavy atom. The van der Waals surface area contributed by atoms with Crippen LogP contribution in [0.15, 0.2) is 41.9 Å². The van der Waals surface area contributed by atoms with Crippen molar-refractivity contribution in [2.24, 2.45) is 5.92 Å². The lowest BCUT2D eigenvalue weighted by atomic mass is 9.79. The van der Waals surface area contributed by atoms with Crippen LogP contribution in [0.25, 0.3) is 0 Å². The van der Waals surface area contributed by atoms with E-state index in [0.29, 0.717) is 5.56 Å². The summed E-state index contributed by atoms with van der Waals surface area (Å²) in [5.74, 6) is -8.87. The maximum absolute atomic E-state index is 12.6. The summed E-state index contributed by atoms with van der Waals surface area (Å²) in [5, 5.41) is 10.4. The van der Waals surface area contributed by atoms with E-state index in [1.165, 1.54) is 27.7 Å². The zero-order chi connectivity index (χ0) is 20.0. The minimum atomic E-state index is -1.50. The SMILES string of the molecule is CC1(C)OC(=O)C(C(C2=C(O)OC(C)(C)OC2=O)c2ccccc2)C(=O)O1. The van der Waals surface area contributed by atoms with E-state index in [9.17, 15) is 19.5 Å². The lowest BCUT2D eigenvalue weighted by Crippen LogP contribution is -2.50. The number of aliphatic hydroxyl groups excluding tert-OH is 1. The number of cyclic esters (lactones) is 3. The van der Waals surface area contributed by atoms with Crippen LogP contribution in [0, 0.1) is 5.92 Å². The van der Waals surface area contributed by atoms with Crippen molar-refractivity contribution in [2.75, 3.05) is 0 Å². The van der Waals surface area contributed by atoms with Gasteiger partial charge in [0.05, 0.1) is 0 Å². The Morgan fingerprint density at radius 3 is 1.89 bits per heavy atom. The van der Waals surface area contributed by atoms with Crippen molar-refractivity contribution in [3.05, 3.63) is 47.4 Å². The quantitative estimate of drug-likeness (QED) is 0.632.